The number of halogens is 1. The number of carbonyl (C=O) groups excluding carboxylic acids is 1. The summed E-state index contributed by atoms with van der Waals surface area (Å²) in [6, 6.07) is 8.33. The van der Waals surface area contributed by atoms with Gasteiger partial charge < -0.3 is 4.42 Å². The van der Waals surface area contributed by atoms with Crippen LogP contribution < -0.4 is 5.32 Å². The molecule has 0 spiro atoms. The number of nitrogens with zero attached hydrogens (tertiary/aromatic N) is 1. The quantitative estimate of drug-likeness (QED) is 0.527. The summed E-state index contributed by atoms with van der Waals surface area (Å²) in [6.45, 7) is 5.86. The Morgan fingerprint density at radius 1 is 1.20 bits per heavy atom. The molecule has 6 heteroatoms. The molecular formula is C19H15FN2O2S. The fraction of sp³-hybridized carbons (Fsp3) is 0.158. The van der Waals surface area contributed by atoms with E-state index in [1.165, 1.54) is 23.5 Å². The van der Waals surface area contributed by atoms with Crippen molar-refractivity contribution in [2.75, 3.05) is 5.32 Å². The second-order valence-corrected chi connectivity index (χ2v) is 7.13. The molecule has 4 aromatic rings. The minimum absolute atomic E-state index is 0.272. The summed E-state index contributed by atoms with van der Waals surface area (Å²) in [6.07, 6.45) is 0. The first-order valence-corrected chi connectivity index (χ1v) is 8.62. The Labute approximate surface area is 147 Å². The summed E-state index contributed by atoms with van der Waals surface area (Å²) in [7, 11) is 0. The van der Waals surface area contributed by atoms with Crippen molar-refractivity contribution in [3.05, 3.63) is 58.6 Å². The number of aromatic nitrogens is 1. The second kappa shape index (κ2) is 5.67. The lowest BCUT2D eigenvalue weighted by Crippen LogP contribution is -2.11. The van der Waals surface area contributed by atoms with Crippen LogP contribution in [0.25, 0.3) is 21.2 Å². The zero-order valence-electron chi connectivity index (χ0n) is 13.9. The van der Waals surface area contributed by atoms with Crippen LogP contribution >= 0.6 is 11.3 Å². The summed E-state index contributed by atoms with van der Waals surface area (Å²) in [5.41, 5.74) is 4.31. The van der Waals surface area contributed by atoms with Gasteiger partial charge in [0.15, 0.2) is 10.9 Å². The number of fused-ring (bicyclic) bond motifs is 2. The van der Waals surface area contributed by atoms with Crippen LogP contribution in [0.5, 0.6) is 0 Å². The van der Waals surface area contributed by atoms with E-state index in [-0.39, 0.29) is 17.5 Å². The van der Waals surface area contributed by atoms with Crippen LogP contribution in [0.3, 0.4) is 0 Å². The zero-order chi connectivity index (χ0) is 17.7. The molecule has 4 nitrogen and oxygen atoms in total. The van der Waals surface area contributed by atoms with Crippen LogP contribution in [-0.2, 0) is 0 Å². The third-order valence-corrected chi connectivity index (χ3v) is 5.08. The van der Waals surface area contributed by atoms with Gasteiger partial charge in [-0.2, -0.15) is 0 Å². The molecule has 0 aliphatic carbocycles. The fourth-order valence-corrected chi connectivity index (χ4v) is 4.00. The van der Waals surface area contributed by atoms with E-state index in [9.17, 15) is 9.18 Å². The maximum Gasteiger partial charge on any atom is 0.293 e. The van der Waals surface area contributed by atoms with Crippen LogP contribution in [0.1, 0.15) is 27.2 Å². The number of aryl methyl sites for hydroxylation is 3. The van der Waals surface area contributed by atoms with Gasteiger partial charge in [0, 0.05) is 10.9 Å². The molecule has 0 atom stereocenters. The van der Waals surface area contributed by atoms with Gasteiger partial charge >= 0.3 is 0 Å². The molecule has 1 N–H and O–H groups in total. The van der Waals surface area contributed by atoms with Crippen LogP contribution in [0.15, 0.2) is 34.7 Å². The predicted octanol–water partition coefficient (Wildman–Crippen LogP) is 5.36. The summed E-state index contributed by atoms with van der Waals surface area (Å²) in [5.74, 6) is -0.410. The average molecular weight is 354 g/mol. The SMILES string of the molecule is Cc1cc(C)c2c(C)c(C(=O)Nc3nc4ccc(F)cc4s3)oc2c1. The Kier molecular flexibility index (Phi) is 3.58. The smallest absolute Gasteiger partial charge is 0.293 e. The van der Waals surface area contributed by atoms with Crippen molar-refractivity contribution in [3.63, 3.8) is 0 Å². The number of hydrogen-bond donors (Lipinski definition) is 1. The van der Waals surface area contributed by atoms with E-state index >= 15 is 0 Å². The van der Waals surface area contributed by atoms with Gasteiger partial charge in [0.1, 0.15) is 11.4 Å². The number of hydrogen-bond acceptors (Lipinski definition) is 4. The minimum atomic E-state index is -0.356. The Hall–Kier alpha value is -2.73. The molecule has 1 amide bonds. The second-order valence-electron chi connectivity index (χ2n) is 6.10. The van der Waals surface area contributed by atoms with E-state index in [1.54, 1.807) is 6.07 Å². The van der Waals surface area contributed by atoms with E-state index in [0.29, 0.717) is 20.9 Å². The first-order chi connectivity index (χ1) is 11.9. The first-order valence-electron chi connectivity index (χ1n) is 7.80. The number of anilines is 1. The monoisotopic (exact) mass is 354 g/mol. The van der Waals surface area contributed by atoms with Gasteiger partial charge in [-0.15, -0.1) is 0 Å². The minimum Gasteiger partial charge on any atom is -0.451 e. The van der Waals surface area contributed by atoms with Crippen molar-refractivity contribution >= 4 is 43.6 Å². The third-order valence-electron chi connectivity index (χ3n) is 4.15. The van der Waals surface area contributed by atoms with Gasteiger partial charge in [0.25, 0.3) is 5.91 Å². The number of amides is 1. The Bertz CT molecular complexity index is 1140. The maximum absolute atomic E-state index is 13.3. The average Bonchev–Trinajstić information content (AvgIpc) is 3.07. The summed E-state index contributed by atoms with van der Waals surface area (Å²) in [5, 5.41) is 4.13. The number of nitrogens with one attached hydrogen (secondary N) is 1. The van der Waals surface area contributed by atoms with Gasteiger partial charge in [0.05, 0.1) is 10.2 Å². The molecule has 0 saturated carbocycles. The topological polar surface area (TPSA) is 55.1 Å². The number of benzene rings is 2. The molecule has 25 heavy (non-hydrogen) atoms. The van der Waals surface area contributed by atoms with Crippen molar-refractivity contribution in [3.8, 4) is 0 Å². The molecule has 0 saturated heterocycles. The maximum atomic E-state index is 13.3. The predicted molar refractivity (Wildman–Crippen MR) is 98.0 cm³/mol. The molecule has 0 bridgehead atoms. The van der Waals surface area contributed by atoms with E-state index in [0.717, 1.165) is 22.1 Å². The molecule has 0 fully saturated rings. The number of carbonyl (C=O) groups is 1. The highest BCUT2D eigenvalue weighted by Gasteiger charge is 2.20. The summed E-state index contributed by atoms with van der Waals surface area (Å²) < 4.78 is 19.8. The van der Waals surface area contributed by atoms with Gasteiger partial charge in [-0.3, -0.25) is 10.1 Å². The van der Waals surface area contributed by atoms with E-state index < -0.39 is 0 Å². The third kappa shape index (κ3) is 2.68. The Morgan fingerprint density at radius 3 is 2.80 bits per heavy atom. The van der Waals surface area contributed by atoms with Crippen molar-refractivity contribution in [2.45, 2.75) is 20.8 Å². The molecule has 0 aliphatic heterocycles. The highest BCUT2D eigenvalue weighted by Crippen LogP contribution is 2.31. The highest BCUT2D eigenvalue weighted by molar-refractivity contribution is 7.22. The molecule has 0 unspecified atom stereocenters. The number of furan rings is 1. The Morgan fingerprint density at radius 2 is 2.00 bits per heavy atom. The first kappa shape index (κ1) is 15.8. The molecule has 0 aliphatic rings. The fourth-order valence-electron chi connectivity index (χ4n) is 3.11. The van der Waals surface area contributed by atoms with E-state index in [4.69, 9.17) is 4.42 Å². The Balaban J connectivity index is 1.71. The van der Waals surface area contributed by atoms with Crippen LogP contribution in [0.4, 0.5) is 9.52 Å². The molecule has 2 heterocycles. The van der Waals surface area contributed by atoms with Gasteiger partial charge in [-0.25, -0.2) is 9.37 Å². The molecule has 0 radical (unpaired) electrons. The molecule has 2 aromatic carbocycles. The van der Waals surface area contributed by atoms with Crippen molar-refractivity contribution in [2.24, 2.45) is 0 Å². The molecule has 4 rings (SSSR count). The number of rotatable bonds is 2. The lowest BCUT2D eigenvalue weighted by molar-refractivity contribution is 0.0998. The van der Waals surface area contributed by atoms with Crippen LogP contribution in [-0.4, -0.2) is 10.9 Å². The van der Waals surface area contributed by atoms with E-state index in [1.807, 2.05) is 26.8 Å². The largest absolute Gasteiger partial charge is 0.451 e. The molecular weight excluding hydrogens is 339 g/mol. The van der Waals surface area contributed by atoms with Crippen LogP contribution in [0, 0.1) is 26.6 Å². The van der Waals surface area contributed by atoms with Crippen molar-refractivity contribution in [1.29, 1.82) is 0 Å². The summed E-state index contributed by atoms with van der Waals surface area (Å²) in [4.78, 5) is 16.9. The molecule has 126 valence electrons. The van der Waals surface area contributed by atoms with Gasteiger partial charge in [-0.1, -0.05) is 17.4 Å². The van der Waals surface area contributed by atoms with Gasteiger partial charge in [0.2, 0.25) is 0 Å². The summed E-state index contributed by atoms with van der Waals surface area (Å²) >= 11 is 1.23. The standard InChI is InChI=1S/C19H15FN2O2S/c1-9-6-10(2)16-11(3)17(24-14(16)7-9)18(23)22-19-21-13-5-4-12(20)8-15(13)25-19/h4-8H,1-3H3,(H,21,22,23). The normalized spacial score (nSPS) is 11.4. The van der Waals surface area contributed by atoms with Crippen molar-refractivity contribution < 1.29 is 13.6 Å². The zero-order valence-corrected chi connectivity index (χ0v) is 14.8. The van der Waals surface area contributed by atoms with E-state index in [2.05, 4.69) is 16.4 Å². The number of thiazole rings is 1. The lowest BCUT2D eigenvalue weighted by Gasteiger charge is -1.99. The lowest BCUT2D eigenvalue weighted by atomic mass is 10.0. The van der Waals surface area contributed by atoms with Crippen molar-refractivity contribution in [1.82, 2.24) is 4.98 Å². The van der Waals surface area contributed by atoms with Gasteiger partial charge in [-0.05, 0) is 56.2 Å². The van der Waals surface area contributed by atoms with Crippen LogP contribution in [0.2, 0.25) is 0 Å². The highest BCUT2D eigenvalue weighted by atomic mass is 32.1. The molecule has 2 aromatic heterocycles.